The largest absolute Gasteiger partial charge is 0.361 e. The van der Waals surface area contributed by atoms with E-state index in [0.29, 0.717) is 6.42 Å². The summed E-state index contributed by atoms with van der Waals surface area (Å²) in [5, 5.41) is 2.31. The maximum atomic E-state index is 10.6. The van der Waals surface area contributed by atoms with E-state index in [-0.39, 0.29) is 12.8 Å². The normalized spacial score (nSPS) is 10.1. The van der Waals surface area contributed by atoms with Gasteiger partial charge in [0.05, 0.1) is 0 Å². The van der Waals surface area contributed by atoms with E-state index in [0.717, 1.165) is 0 Å². The van der Waals surface area contributed by atoms with Crippen LogP contribution in [0.4, 0.5) is 0 Å². The Morgan fingerprint density at radius 1 is 1.38 bits per heavy atom. The van der Waals surface area contributed by atoms with Crippen molar-refractivity contribution in [1.29, 1.82) is 0 Å². The lowest BCUT2D eigenvalue weighted by molar-refractivity contribution is -0.138. The maximum Gasteiger partial charge on any atom is 0.309 e. The number of carbonyl (C=O) groups excluding carboxylic acids is 2. The van der Waals surface area contributed by atoms with Crippen molar-refractivity contribution in [2.45, 2.75) is 12.7 Å². The van der Waals surface area contributed by atoms with E-state index in [2.05, 4.69) is 5.32 Å². The molecule has 76 valence electrons. The molecule has 0 aliphatic carbocycles. The number of hydrogen-bond acceptors (Lipinski definition) is 4. The first-order valence-corrected chi connectivity index (χ1v) is 3.75. The van der Waals surface area contributed by atoms with Crippen molar-refractivity contribution >= 4 is 11.8 Å². The molecule has 6 nitrogen and oxygen atoms in total. The van der Waals surface area contributed by atoms with Crippen molar-refractivity contribution in [3.63, 3.8) is 0 Å². The molecule has 0 aliphatic rings. The molecule has 0 aliphatic heterocycles. The number of rotatable bonds is 5. The number of nitrogens with one attached hydrogen (secondary N) is 1. The molecule has 0 aromatic heterocycles. The Kier molecular flexibility index (Phi) is 5.82. The van der Waals surface area contributed by atoms with Crippen LogP contribution >= 0.6 is 0 Å². The monoisotopic (exact) mass is 190 g/mol. The number of carbonyl (C=O) groups is 2. The molecule has 13 heavy (non-hydrogen) atoms. The third-order valence-corrected chi connectivity index (χ3v) is 1.42. The van der Waals surface area contributed by atoms with E-state index in [1.807, 2.05) is 0 Å². The summed E-state index contributed by atoms with van der Waals surface area (Å²) in [6.07, 6.45) is 0.0830. The van der Waals surface area contributed by atoms with Gasteiger partial charge in [0.15, 0.2) is 6.29 Å². The van der Waals surface area contributed by atoms with Crippen LogP contribution in [0.2, 0.25) is 0 Å². The number of ether oxygens (including phenoxy) is 2. The van der Waals surface area contributed by atoms with Gasteiger partial charge in [0.25, 0.3) is 0 Å². The Hall–Kier alpha value is -1.14. The Morgan fingerprint density at radius 2 is 1.92 bits per heavy atom. The first-order valence-electron chi connectivity index (χ1n) is 3.75. The summed E-state index contributed by atoms with van der Waals surface area (Å²) in [5.41, 5.74) is 4.70. The predicted octanol–water partition coefficient (Wildman–Crippen LogP) is -1.40. The van der Waals surface area contributed by atoms with Gasteiger partial charge in [0, 0.05) is 27.2 Å². The van der Waals surface area contributed by atoms with E-state index < -0.39 is 11.8 Å². The second-order valence-corrected chi connectivity index (χ2v) is 2.31. The minimum Gasteiger partial charge on any atom is -0.361 e. The summed E-state index contributed by atoms with van der Waals surface area (Å²) < 4.78 is 9.70. The Morgan fingerprint density at radius 3 is 2.31 bits per heavy atom. The number of hydrogen-bond donors (Lipinski definition) is 2. The van der Waals surface area contributed by atoms with Crippen molar-refractivity contribution in [3.05, 3.63) is 0 Å². The highest BCUT2D eigenvalue weighted by atomic mass is 16.7. The van der Waals surface area contributed by atoms with Crippen LogP contribution in [0.3, 0.4) is 0 Å². The number of methoxy groups -OCH3 is 2. The van der Waals surface area contributed by atoms with Crippen LogP contribution < -0.4 is 11.1 Å². The van der Waals surface area contributed by atoms with Crippen molar-refractivity contribution in [3.8, 4) is 0 Å². The zero-order chi connectivity index (χ0) is 10.3. The van der Waals surface area contributed by atoms with Gasteiger partial charge in [0.1, 0.15) is 0 Å². The van der Waals surface area contributed by atoms with Crippen LogP contribution in [0.1, 0.15) is 6.42 Å². The fraction of sp³-hybridized carbons (Fsp3) is 0.714. The SMILES string of the molecule is COC(CCNC(=O)C(N)=O)OC. The fourth-order valence-corrected chi connectivity index (χ4v) is 0.723. The third kappa shape index (κ3) is 5.15. The summed E-state index contributed by atoms with van der Waals surface area (Å²) in [6.45, 7) is 0.286. The number of primary amides is 1. The van der Waals surface area contributed by atoms with Gasteiger partial charge in [-0.15, -0.1) is 0 Å². The second kappa shape index (κ2) is 6.38. The van der Waals surface area contributed by atoms with Gasteiger partial charge >= 0.3 is 11.8 Å². The Bertz CT molecular complexity index is 179. The quantitative estimate of drug-likeness (QED) is 0.412. The summed E-state index contributed by atoms with van der Waals surface area (Å²) in [5.74, 6) is -1.79. The standard InChI is InChI=1S/C7H14N2O4/c1-12-5(13-2)3-4-9-7(11)6(8)10/h5H,3-4H2,1-2H3,(H2,8,10)(H,9,11). The van der Waals surface area contributed by atoms with Crippen molar-refractivity contribution in [2.24, 2.45) is 5.73 Å². The Balaban J connectivity index is 3.54. The van der Waals surface area contributed by atoms with Gasteiger partial charge in [-0.05, 0) is 0 Å². The first kappa shape index (κ1) is 11.9. The molecule has 2 amide bonds. The molecule has 0 unspecified atom stereocenters. The van der Waals surface area contributed by atoms with Gasteiger partial charge < -0.3 is 20.5 Å². The van der Waals surface area contributed by atoms with E-state index >= 15 is 0 Å². The van der Waals surface area contributed by atoms with Gasteiger partial charge in [-0.25, -0.2) is 0 Å². The average molecular weight is 190 g/mol. The molecule has 0 aromatic carbocycles. The highest BCUT2D eigenvalue weighted by molar-refractivity contribution is 6.34. The van der Waals surface area contributed by atoms with Crippen LogP contribution in [0.25, 0.3) is 0 Å². The van der Waals surface area contributed by atoms with Crippen molar-refractivity contribution in [1.82, 2.24) is 5.32 Å². The zero-order valence-electron chi connectivity index (χ0n) is 7.70. The van der Waals surface area contributed by atoms with Gasteiger partial charge in [-0.2, -0.15) is 0 Å². The van der Waals surface area contributed by atoms with E-state index in [4.69, 9.17) is 15.2 Å². The number of amides is 2. The molecular formula is C7H14N2O4. The summed E-state index contributed by atoms with van der Waals surface area (Å²) >= 11 is 0. The average Bonchev–Trinajstić information content (AvgIpc) is 2.12. The molecule has 0 bridgehead atoms. The topological polar surface area (TPSA) is 90.6 Å². The lowest BCUT2D eigenvalue weighted by Gasteiger charge is -2.12. The molecule has 0 saturated carbocycles. The lowest BCUT2D eigenvalue weighted by Crippen LogP contribution is -2.37. The lowest BCUT2D eigenvalue weighted by atomic mass is 10.4. The third-order valence-electron chi connectivity index (χ3n) is 1.42. The fourth-order valence-electron chi connectivity index (χ4n) is 0.723. The zero-order valence-corrected chi connectivity index (χ0v) is 7.70. The summed E-state index contributed by atoms with van der Waals surface area (Å²) in [4.78, 5) is 20.9. The van der Waals surface area contributed by atoms with Gasteiger partial charge in [-0.1, -0.05) is 0 Å². The molecule has 6 heteroatoms. The summed E-state index contributed by atoms with van der Waals surface area (Å²) in [6, 6.07) is 0. The highest BCUT2D eigenvalue weighted by Crippen LogP contribution is 1.94. The van der Waals surface area contributed by atoms with E-state index in [1.54, 1.807) is 0 Å². The summed E-state index contributed by atoms with van der Waals surface area (Å²) in [7, 11) is 2.98. The van der Waals surface area contributed by atoms with Crippen LogP contribution in [-0.2, 0) is 19.1 Å². The minimum atomic E-state index is -0.994. The molecule has 0 aromatic rings. The molecule has 3 N–H and O–H groups in total. The molecule has 0 rings (SSSR count). The highest BCUT2D eigenvalue weighted by Gasteiger charge is 2.09. The van der Waals surface area contributed by atoms with Crippen LogP contribution in [0, 0.1) is 0 Å². The van der Waals surface area contributed by atoms with E-state index in [1.165, 1.54) is 14.2 Å². The molecule has 0 radical (unpaired) electrons. The molecular weight excluding hydrogens is 176 g/mol. The van der Waals surface area contributed by atoms with E-state index in [9.17, 15) is 9.59 Å². The number of nitrogens with two attached hydrogens (primary N) is 1. The van der Waals surface area contributed by atoms with Crippen LogP contribution in [0.15, 0.2) is 0 Å². The predicted molar refractivity (Wildman–Crippen MR) is 44.6 cm³/mol. The van der Waals surface area contributed by atoms with Gasteiger partial charge in [-0.3, -0.25) is 9.59 Å². The van der Waals surface area contributed by atoms with Gasteiger partial charge in [0.2, 0.25) is 0 Å². The minimum absolute atomic E-state index is 0.286. The molecule has 0 atom stereocenters. The second-order valence-electron chi connectivity index (χ2n) is 2.31. The van der Waals surface area contributed by atoms with Crippen LogP contribution in [-0.4, -0.2) is 38.9 Å². The molecule has 0 spiro atoms. The smallest absolute Gasteiger partial charge is 0.309 e. The van der Waals surface area contributed by atoms with Crippen LogP contribution in [0.5, 0.6) is 0 Å². The molecule has 0 fully saturated rings. The maximum absolute atomic E-state index is 10.6. The van der Waals surface area contributed by atoms with Crippen molar-refractivity contribution < 1.29 is 19.1 Å². The molecule has 0 heterocycles. The first-order chi connectivity index (χ1) is 6.11. The Labute approximate surface area is 76.4 Å². The van der Waals surface area contributed by atoms with Crippen molar-refractivity contribution in [2.75, 3.05) is 20.8 Å². The molecule has 0 saturated heterocycles.